The van der Waals surface area contributed by atoms with Gasteiger partial charge in [-0.1, -0.05) is 83.5 Å². The Balaban J connectivity index is 1.03. The Hall–Kier alpha value is -2.61. The number of hydrogen-bond donors (Lipinski definition) is 1. The molecule has 0 radical (unpaired) electrons. The molecule has 0 unspecified atom stereocenters. The van der Waals surface area contributed by atoms with Crippen molar-refractivity contribution in [3.63, 3.8) is 0 Å². The van der Waals surface area contributed by atoms with Gasteiger partial charge in [-0.3, -0.25) is 9.59 Å². The third-order valence-corrected chi connectivity index (χ3v) is 16.6. The first kappa shape index (κ1) is 35.8. The van der Waals surface area contributed by atoms with Crippen LogP contribution < -0.4 is 0 Å². The predicted molar refractivity (Wildman–Crippen MR) is 197 cm³/mol. The number of esters is 1. The summed E-state index contributed by atoms with van der Waals surface area (Å²) in [7, 11) is 0. The lowest BCUT2D eigenvalue weighted by Gasteiger charge is -2.71. The molecule has 5 aliphatic rings. The Bertz CT molecular complexity index is 1650. The number of rotatable bonds is 8. The number of nitrogens with zero attached hydrogens (tertiary/aromatic N) is 3. The first-order chi connectivity index (χ1) is 23.5. The van der Waals surface area contributed by atoms with Crippen molar-refractivity contribution in [2.75, 3.05) is 0 Å². The molecule has 7 nitrogen and oxygen atoms in total. The molecule has 0 aliphatic heterocycles. The quantitative estimate of drug-likeness (QED) is 0.166. The normalized spacial score (nSPS) is 38.4. The van der Waals surface area contributed by atoms with E-state index in [1.807, 2.05) is 29.1 Å². The summed E-state index contributed by atoms with van der Waals surface area (Å²) in [4.78, 5) is 27.5. The number of carbonyl (C=O) groups is 2. The second kappa shape index (κ2) is 12.5. The van der Waals surface area contributed by atoms with Crippen molar-refractivity contribution in [1.82, 2.24) is 15.0 Å². The van der Waals surface area contributed by atoms with E-state index in [0.717, 1.165) is 69.9 Å². The summed E-state index contributed by atoms with van der Waals surface area (Å²) in [5, 5.41) is 19.3. The lowest BCUT2D eigenvalue weighted by atomic mass is 9.33. The van der Waals surface area contributed by atoms with Gasteiger partial charge < -0.3 is 9.84 Å². The summed E-state index contributed by atoms with van der Waals surface area (Å²) in [6, 6.07) is 10.2. The van der Waals surface area contributed by atoms with Gasteiger partial charge in [-0.15, -0.1) is 16.9 Å². The monoisotopic (exact) mass is 701 g/mol. The second-order valence-electron chi connectivity index (χ2n) is 18.9. The van der Waals surface area contributed by atoms with Crippen LogP contribution in [0.2, 0.25) is 0 Å². The Morgan fingerprint density at radius 2 is 1.68 bits per heavy atom. The zero-order valence-corrected chi connectivity index (χ0v) is 32.3. The molecule has 1 aromatic heterocycles. The number of aryl methyl sites for hydroxylation is 1. The molecule has 7 rings (SSSR count). The van der Waals surface area contributed by atoms with Crippen LogP contribution in [0.3, 0.4) is 0 Å². The van der Waals surface area contributed by atoms with Gasteiger partial charge in [0.05, 0.1) is 23.4 Å². The number of ether oxygens (including phenoxy) is 1. The van der Waals surface area contributed by atoms with E-state index in [-0.39, 0.29) is 45.1 Å². The number of aliphatic carboxylic acids is 1. The standard InChI is InChI=1S/C42H59N3O4S/c1-37(2)21-23-42(36(47)48)24-22-40(6)30(31(42)25-37)14-15-33-39(5)19-18-34(38(3,4)32(39)17-20-41(33,40)7)49-35(46)16-13-28-26-45(44-43-28)27-50-29-11-9-8-10-12-29/h8-12,14,26,31-34H,13,15-25,27H2,1-7H3,(H,47,48)/t31-,32-,33+,34-,39-,40+,41+,42-/m0/s1. The predicted octanol–water partition coefficient (Wildman–Crippen LogP) is 9.76. The Morgan fingerprint density at radius 3 is 2.42 bits per heavy atom. The highest BCUT2D eigenvalue weighted by Crippen LogP contribution is 2.75. The Kier molecular flexibility index (Phi) is 8.96. The van der Waals surface area contributed by atoms with Crippen LogP contribution in [0.5, 0.6) is 0 Å². The summed E-state index contributed by atoms with van der Waals surface area (Å²) >= 11 is 1.70. The summed E-state index contributed by atoms with van der Waals surface area (Å²) in [6.07, 6.45) is 15.0. The van der Waals surface area contributed by atoms with Gasteiger partial charge in [-0.25, -0.2) is 4.68 Å². The fraction of sp³-hybridized carbons (Fsp3) is 0.714. The smallest absolute Gasteiger partial charge is 0.310 e. The van der Waals surface area contributed by atoms with Gasteiger partial charge >= 0.3 is 11.9 Å². The van der Waals surface area contributed by atoms with E-state index in [1.54, 1.807) is 11.8 Å². The van der Waals surface area contributed by atoms with Gasteiger partial charge in [0.15, 0.2) is 0 Å². The molecule has 50 heavy (non-hydrogen) atoms. The molecule has 8 atom stereocenters. The minimum absolute atomic E-state index is 0.0104. The van der Waals surface area contributed by atoms with Gasteiger partial charge in [0, 0.05) is 22.9 Å². The molecule has 5 aliphatic carbocycles. The molecule has 8 heteroatoms. The second-order valence-corrected chi connectivity index (χ2v) is 19.9. The number of carbonyl (C=O) groups excluding carboxylic acids is 1. The Labute approximate surface area is 303 Å². The molecule has 1 aromatic carbocycles. The van der Waals surface area contributed by atoms with E-state index >= 15 is 0 Å². The van der Waals surface area contributed by atoms with Crippen LogP contribution in [-0.2, 0) is 26.6 Å². The largest absolute Gasteiger partial charge is 0.481 e. The first-order valence-corrected chi connectivity index (χ1v) is 20.2. The lowest BCUT2D eigenvalue weighted by molar-refractivity contribution is -0.213. The number of aromatic nitrogens is 3. The number of carboxylic acid groups (broad SMARTS) is 1. The molecule has 2 aromatic rings. The highest BCUT2D eigenvalue weighted by Gasteiger charge is 2.69. The third-order valence-electron chi connectivity index (χ3n) is 15.6. The van der Waals surface area contributed by atoms with Crippen molar-refractivity contribution in [3.8, 4) is 0 Å². The van der Waals surface area contributed by atoms with Crippen molar-refractivity contribution >= 4 is 23.7 Å². The maximum atomic E-state index is 13.3. The van der Waals surface area contributed by atoms with Crippen molar-refractivity contribution < 1.29 is 19.4 Å². The third kappa shape index (κ3) is 5.69. The van der Waals surface area contributed by atoms with Gasteiger partial charge in [0.1, 0.15) is 6.10 Å². The number of allylic oxidation sites excluding steroid dienone is 2. The summed E-state index contributed by atoms with van der Waals surface area (Å²) in [5.41, 5.74) is 1.99. The van der Waals surface area contributed by atoms with E-state index in [9.17, 15) is 14.7 Å². The highest BCUT2D eigenvalue weighted by atomic mass is 32.2. The topological polar surface area (TPSA) is 94.3 Å². The number of thioether (sulfide) groups is 1. The van der Waals surface area contributed by atoms with Crippen molar-refractivity contribution in [2.24, 2.45) is 50.2 Å². The molecule has 272 valence electrons. The number of carboxylic acids is 1. The maximum Gasteiger partial charge on any atom is 0.310 e. The van der Waals surface area contributed by atoms with E-state index < -0.39 is 11.4 Å². The van der Waals surface area contributed by atoms with Gasteiger partial charge in [-0.2, -0.15) is 0 Å². The molecule has 4 fully saturated rings. The molecule has 4 saturated carbocycles. The number of hydrogen-bond acceptors (Lipinski definition) is 6. The fourth-order valence-corrected chi connectivity index (χ4v) is 13.2. The first-order valence-electron chi connectivity index (χ1n) is 19.2. The molecule has 0 spiro atoms. The average molecular weight is 702 g/mol. The molecule has 0 amide bonds. The fourth-order valence-electron chi connectivity index (χ4n) is 12.4. The zero-order chi connectivity index (χ0) is 35.7. The molecular formula is C42H59N3O4S. The summed E-state index contributed by atoms with van der Waals surface area (Å²) in [6.45, 7) is 17.0. The lowest BCUT2D eigenvalue weighted by Crippen LogP contribution is -2.65. The van der Waals surface area contributed by atoms with Gasteiger partial charge in [0.25, 0.3) is 0 Å². The highest BCUT2D eigenvalue weighted by molar-refractivity contribution is 7.98. The minimum Gasteiger partial charge on any atom is -0.481 e. The molecular weight excluding hydrogens is 643 g/mol. The Morgan fingerprint density at radius 1 is 0.940 bits per heavy atom. The zero-order valence-electron chi connectivity index (χ0n) is 31.5. The van der Waals surface area contributed by atoms with Crippen molar-refractivity contribution in [1.29, 1.82) is 0 Å². The van der Waals surface area contributed by atoms with Crippen LogP contribution in [0.4, 0.5) is 0 Å². The number of fused-ring (bicyclic) bond motifs is 7. The van der Waals surface area contributed by atoms with Crippen LogP contribution in [0.25, 0.3) is 0 Å². The van der Waals surface area contributed by atoms with Crippen molar-refractivity contribution in [3.05, 3.63) is 53.9 Å². The molecule has 0 bridgehead atoms. The molecule has 1 heterocycles. The van der Waals surface area contributed by atoms with Crippen LogP contribution >= 0.6 is 11.8 Å². The van der Waals surface area contributed by atoms with Crippen LogP contribution in [-0.4, -0.2) is 38.1 Å². The van der Waals surface area contributed by atoms with Crippen LogP contribution in [0.15, 0.2) is 53.1 Å². The van der Waals surface area contributed by atoms with E-state index in [2.05, 4.69) is 77.0 Å². The maximum absolute atomic E-state index is 13.3. The average Bonchev–Trinajstić information content (AvgIpc) is 3.52. The van der Waals surface area contributed by atoms with E-state index in [4.69, 9.17) is 4.74 Å². The number of benzene rings is 1. The van der Waals surface area contributed by atoms with E-state index in [0.29, 0.717) is 30.6 Å². The summed E-state index contributed by atoms with van der Waals surface area (Å²) < 4.78 is 8.18. The van der Waals surface area contributed by atoms with E-state index in [1.165, 1.54) is 10.5 Å². The van der Waals surface area contributed by atoms with Crippen molar-refractivity contribution in [2.45, 2.75) is 142 Å². The molecule has 0 saturated heterocycles. The summed E-state index contributed by atoms with van der Waals surface area (Å²) in [5.74, 6) is 1.08. The van der Waals surface area contributed by atoms with Crippen LogP contribution in [0, 0.1) is 50.2 Å². The van der Waals surface area contributed by atoms with Gasteiger partial charge in [-0.05, 0) is 116 Å². The SMILES string of the molecule is CC1(C)CC[C@]2(C(=O)O)CC[C@]3(C)C(=CC[C@@H]4[C@@]5(C)CC[C@H](OC(=O)CCc6cn(CSc7ccccc7)nn6)C(C)(C)[C@@H]5CC[C@]43C)[C@@H]2C1. The minimum atomic E-state index is -0.604. The van der Waals surface area contributed by atoms with Crippen LogP contribution in [0.1, 0.15) is 125 Å². The molecule has 1 N–H and O–H groups in total. The van der Waals surface area contributed by atoms with Gasteiger partial charge in [0.2, 0.25) is 0 Å².